The van der Waals surface area contributed by atoms with E-state index in [1.807, 2.05) is 75.1 Å². The van der Waals surface area contributed by atoms with Crippen molar-refractivity contribution >= 4 is 21.6 Å². The van der Waals surface area contributed by atoms with Crippen molar-refractivity contribution in [1.29, 1.82) is 0 Å². The van der Waals surface area contributed by atoms with Gasteiger partial charge in [-0.25, -0.2) is 8.42 Å². The first-order valence-electron chi connectivity index (χ1n) is 11.5. The van der Waals surface area contributed by atoms with Gasteiger partial charge in [0.2, 0.25) is 10.0 Å². The third kappa shape index (κ3) is 6.56. The molecular weight excluding hydrogens is 436 g/mol. The van der Waals surface area contributed by atoms with E-state index in [1.54, 1.807) is 6.07 Å². The number of rotatable bonds is 8. The lowest BCUT2D eigenvalue weighted by Gasteiger charge is -2.36. The molecule has 0 spiro atoms. The maximum absolute atomic E-state index is 13.1. The monoisotopic (exact) mass is 472 g/mol. The fraction of sp³-hybridized carbons (Fsp3) is 0.480. The fourth-order valence-electron chi connectivity index (χ4n) is 4.56. The normalized spacial score (nSPS) is 16.1. The number of nitrogens with zero attached hydrogens (tertiary/aromatic N) is 2. The second-order valence-corrected chi connectivity index (χ2v) is 11.0. The summed E-state index contributed by atoms with van der Waals surface area (Å²) in [6.07, 6.45) is 1.15. The average molecular weight is 473 g/mol. The summed E-state index contributed by atoms with van der Waals surface area (Å²) < 4.78 is 26.1. The molecule has 3 rings (SSSR count). The van der Waals surface area contributed by atoms with Gasteiger partial charge in [-0.2, -0.15) is 0 Å². The van der Waals surface area contributed by atoms with Crippen LogP contribution in [0, 0.1) is 0 Å². The van der Waals surface area contributed by atoms with Gasteiger partial charge in [0.15, 0.2) is 0 Å². The van der Waals surface area contributed by atoms with Crippen LogP contribution in [0.25, 0.3) is 0 Å². The van der Waals surface area contributed by atoms with Crippen molar-refractivity contribution in [2.45, 2.75) is 45.8 Å². The smallest absolute Gasteiger partial charge is 0.254 e. The number of amides is 1. The Hall–Kier alpha value is -2.42. The molecule has 1 amide bonds. The lowest BCUT2D eigenvalue weighted by molar-refractivity contribution is 0.0643. The van der Waals surface area contributed by atoms with Gasteiger partial charge in [0.1, 0.15) is 0 Å². The molecule has 1 aliphatic rings. The zero-order chi connectivity index (χ0) is 24.2. The van der Waals surface area contributed by atoms with E-state index in [4.69, 9.17) is 0 Å². The second-order valence-electron chi connectivity index (χ2n) is 9.21. The first kappa shape index (κ1) is 25.2. The maximum Gasteiger partial charge on any atom is 0.254 e. The number of carbonyl (C=O) groups is 1. The van der Waals surface area contributed by atoms with Gasteiger partial charge in [-0.15, -0.1) is 0 Å². The van der Waals surface area contributed by atoms with E-state index in [9.17, 15) is 13.2 Å². The van der Waals surface area contributed by atoms with Gasteiger partial charge in [0.05, 0.1) is 12.3 Å². The highest BCUT2D eigenvalue weighted by molar-refractivity contribution is 7.92. The van der Waals surface area contributed by atoms with Crippen molar-refractivity contribution in [1.82, 2.24) is 15.1 Å². The third-order valence-electron chi connectivity index (χ3n) is 5.84. The Labute approximate surface area is 198 Å². The summed E-state index contributed by atoms with van der Waals surface area (Å²) in [6.45, 7) is 11.7. The molecule has 1 unspecified atom stereocenters. The Kier molecular flexibility index (Phi) is 8.15. The molecule has 2 aromatic carbocycles. The molecule has 1 saturated heterocycles. The molecule has 1 heterocycles. The molecule has 0 aromatic heterocycles. The molecule has 7 nitrogen and oxygen atoms in total. The van der Waals surface area contributed by atoms with Gasteiger partial charge in [-0.3, -0.25) is 14.4 Å². The quantitative estimate of drug-likeness (QED) is 0.616. The Bertz CT molecular complexity index is 1040. The van der Waals surface area contributed by atoms with E-state index in [2.05, 4.69) is 14.9 Å². The molecular formula is C25H36N4O3S. The average Bonchev–Trinajstić information content (AvgIpc) is 2.74. The highest BCUT2D eigenvalue weighted by atomic mass is 32.2. The minimum absolute atomic E-state index is 0.0321. The van der Waals surface area contributed by atoms with Crippen LogP contribution in [-0.2, 0) is 10.0 Å². The number of hydrogen-bond donors (Lipinski definition) is 2. The van der Waals surface area contributed by atoms with Gasteiger partial charge in [-0.05, 0) is 63.1 Å². The fourth-order valence-corrected chi connectivity index (χ4v) is 5.12. The van der Waals surface area contributed by atoms with Crippen LogP contribution in [0.3, 0.4) is 0 Å². The Balaban J connectivity index is 1.96. The van der Waals surface area contributed by atoms with Crippen LogP contribution in [0.15, 0.2) is 48.5 Å². The summed E-state index contributed by atoms with van der Waals surface area (Å²) >= 11 is 0. The van der Waals surface area contributed by atoms with Gasteiger partial charge in [0.25, 0.3) is 5.91 Å². The molecule has 2 N–H and O–H groups in total. The number of sulfonamides is 1. The van der Waals surface area contributed by atoms with Crippen LogP contribution < -0.4 is 10.0 Å². The summed E-state index contributed by atoms with van der Waals surface area (Å²) in [7, 11) is -3.36. The van der Waals surface area contributed by atoms with Gasteiger partial charge >= 0.3 is 0 Å². The summed E-state index contributed by atoms with van der Waals surface area (Å²) in [5.74, 6) is 0.0321. The minimum atomic E-state index is -3.36. The molecule has 0 saturated carbocycles. The van der Waals surface area contributed by atoms with Crippen molar-refractivity contribution in [2.75, 3.05) is 37.2 Å². The van der Waals surface area contributed by atoms with E-state index in [0.29, 0.717) is 11.3 Å². The molecule has 1 fully saturated rings. The predicted octanol–water partition coefficient (Wildman–Crippen LogP) is 3.31. The standard InChI is InChI=1S/C25H36N4O3S/c1-18(2)29(19(3)4)25(30)21-11-9-20(10-12-21)24(28-15-13-26-14-16-28)22-7-6-8-23(17-22)27-33(5,31)32/h6-12,17-19,24,26-27H,13-16H2,1-5H3. The highest BCUT2D eigenvalue weighted by Crippen LogP contribution is 2.31. The summed E-state index contributed by atoms with van der Waals surface area (Å²) in [6, 6.07) is 15.6. The molecule has 1 aliphatic heterocycles. The van der Waals surface area contributed by atoms with Crippen LogP contribution in [0.4, 0.5) is 5.69 Å². The molecule has 0 aliphatic carbocycles. The second kappa shape index (κ2) is 10.7. The number of carbonyl (C=O) groups excluding carboxylic acids is 1. The van der Waals surface area contributed by atoms with Crippen LogP contribution >= 0.6 is 0 Å². The summed E-state index contributed by atoms with van der Waals surface area (Å²) in [5, 5.41) is 3.39. The zero-order valence-corrected chi connectivity index (χ0v) is 21.0. The molecule has 33 heavy (non-hydrogen) atoms. The van der Waals surface area contributed by atoms with Crippen LogP contribution in [0.1, 0.15) is 55.2 Å². The SMILES string of the molecule is CC(C)N(C(=O)c1ccc(C(c2cccc(NS(C)(=O)=O)c2)N2CCNCC2)cc1)C(C)C. The first-order valence-corrected chi connectivity index (χ1v) is 13.4. The minimum Gasteiger partial charge on any atom is -0.334 e. The number of piperazine rings is 1. The van der Waals surface area contributed by atoms with Crippen LogP contribution in [-0.4, -0.2) is 68.6 Å². The lowest BCUT2D eigenvalue weighted by atomic mass is 9.95. The third-order valence-corrected chi connectivity index (χ3v) is 6.45. The van der Waals surface area contributed by atoms with Crippen molar-refractivity contribution < 1.29 is 13.2 Å². The number of benzene rings is 2. The number of anilines is 1. The van der Waals surface area contributed by atoms with E-state index < -0.39 is 10.0 Å². The van der Waals surface area contributed by atoms with E-state index in [1.165, 1.54) is 0 Å². The van der Waals surface area contributed by atoms with Crippen molar-refractivity contribution in [2.24, 2.45) is 0 Å². The van der Waals surface area contributed by atoms with Gasteiger partial charge in [-0.1, -0.05) is 24.3 Å². The summed E-state index contributed by atoms with van der Waals surface area (Å²) in [5.41, 5.74) is 3.31. The molecule has 2 aromatic rings. The summed E-state index contributed by atoms with van der Waals surface area (Å²) in [4.78, 5) is 17.4. The molecule has 1 atom stereocenters. The Morgan fingerprint density at radius 1 is 0.970 bits per heavy atom. The number of hydrogen-bond acceptors (Lipinski definition) is 5. The maximum atomic E-state index is 13.1. The number of nitrogens with one attached hydrogen (secondary N) is 2. The topological polar surface area (TPSA) is 81.8 Å². The molecule has 8 heteroatoms. The van der Waals surface area contributed by atoms with Crippen LogP contribution in [0.2, 0.25) is 0 Å². The molecule has 180 valence electrons. The molecule has 0 radical (unpaired) electrons. The first-order chi connectivity index (χ1) is 15.6. The lowest BCUT2D eigenvalue weighted by Crippen LogP contribution is -2.45. The largest absolute Gasteiger partial charge is 0.334 e. The van der Waals surface area contributed by atoms with Gasteiger partial charge < -0.3 is 10.2 Å². The van der Waals surface area contributed by atoms with Crippen molar-refractivity contribution in [3.05, 3.63) is 65.2 Å². The highest BCUT2D eigenvalue weighted by Gasteiger charge is 2.26. The van der Waals surface area contributed by atoms with Crippen molar-refractivity contribution in [3.8, 4) is 0 Å². The van der Waals surface area contributed by atoms with Crippen LogP contribution in [0.5, 0.6) is 0 Å². The van der Waals surface area contributed by atoms with E-state index in [-0.39, 0.29) is 24.0 Å². The predicted molar refractivity (Wildman–Crippen MR) is 134 cm³/mol. The van der Waals surface area contributed by atoms with E-state index >= 15 is 0 Å². The Morgan fingerprint density at radius 2 is 1.58 bits per heavy atom. The zero-order valence-electron chi connectivity index (χ0n) is 20.2. The van der Waals surface area contributed by atoms with E-state index in [0.717, 1.165) is 43.6 Å². The van der Waals surface area contributed by atoms with Crippen molar-refractivity contribution in [3.63, 3.8) is 0 Å². The molecule has 0 bridgehead atoms. The Morgan fingerprint density at radius 3 is 2.12 bits per heavy atom. The van der Waals surface area contributed by atoms with Gasteiger partial charge in [0, 0.05) is 49.5 Å².